The zero-order chi connectivity index (χ0) is 27.5. The van der Waals surface area contributed by atoms with Crippen molar-refractivity contribution in [3.05, 3.63) is 88.5 Å². The van der Waals surface area contributed by atoms with Crippen LogP contribution in [-0.4, -0.2) is 37.1 Å². The molecule has 0 aliphatic heterocycles. The molecule has 0 unspecified atom stereocenters. The summed E-state index contributed by atoms with van der Waals surface area (Å²) in [5.74, 6) is -1.17. The zero-order valence-electron chi connectivity index (χ0n) is 22.0. The molecule has 9 nitrogen and oxygen atoms in total. The summed E-state index contributed by atoms with van der Waals surface area (Å²) < 4.78 is 11.3. The van der Waals surface area contributed by atoms with E-state index in [-0.39, 0.29) is 19.1 Å². The molecule has 3 N–H and O–H groups in total. The first-order chi connectivity index (χ1) is 18.3. The summed E-state index contributed by atoms with van der Waals surface area (Å²) in [5, 5.41) is 9.25. The molecule has 3 rings (SSSR count). The Kier molecular flexibility index (Phi) is 9.99. The van der Waals surface area contributed by atoms with Crippen LogP contribution in [-0.2, 0) is 20.9 Å². The molecule has 3 aromatic carbocycles. The number of amides is 3. The van der Waals surface area contributed by atoms with Crippen molar-refractivity contribution in [2.45, 2.75) is 34.2 Å². The fraction of sp³-hybridized carbons (Fsp3) is 0.241. The van der Waals surface area contributed by atoms with Crippen LogP contribution in [0, 0.1) is 20.8 Å². The molecule has 0 radical (unpaired) electrons. The van der Waals surface area contributed by atoms with Crippen molar-refractivity contribution in [2.75, 3.05) is 18.5 Å². The molecular weight excluding hydrogens is 484 g/mol. The standard InChI is InChI=1S/C29H32N4O5/c1-5-37-26-15-23(17-31-33-29(36)28(35)30-16-22-11-9-19(2)10-12-22)13-14-25(26)38-18-27(34)32-24-8-6-7-20(3)21(24)4/h6-15,17H,5,16,18H2,1-4H3,(H,30,35)(H,32,34)(H,33,36)/b31-17-. The third kappa shape index (κ3) is 8.19. The molecule has 198 valence electrons. The van der Waals surface area contributed by atoms with Crippen LogP contribution in [0.4, 0.5) is 5.69 Å². The first-order valence-corrected chi connectivity index (χ1v) is 12.2. The van der Waals surface area contributed by atoms with Crippen molar-refractivity contribution in [3.8, 4) is 11.5 Å². The Morgan fingerprint density at radius 3 is 2.39 bits per heavy atom. The normalized spacial score (nSPS) is 10.6. The van der Waals surface area contributed by atoms with Crippen molar-refractivity contribution in [3.63, 3.8) is 0 Å². The lowest BCUT2D eigenvalue weighted by Gasteiger charge is -2.14. The van der Waals surface area contributed by atoms with E-state index in [1.54, 1.807) is 18.2 Å². The van der Waals surface area contributed by atoms with Gasteiger partial charge >= 0.3 is 11.8 Å². The zero-order valence-corrected chi connectivity index (χ0v) is 22.0. The van der Waals surface area contributed by atoms with Gasteiger partial charge in [0.25, 0.3) is 5.91 Å². The van der Waals surface area contributed by atoms with Crippen LogP contribution in [0.15, 0.2) is 65.8 Å². The van der Waals surface area contributed by atoms with Crippen molar-refractivity contribution in [1.29, 1.82) is 0 Å². The number of nitrogens with one attached hydrogen (secondary N) is 3. The van der Waals surface area contributed by atoms with Crippen LogP contribution < -0.4 is 25.5 Å². The van der Waals surface area contributed by atoms with Crippen molar-refractivity contribution in [1.82, 2.24) is 10.7 Å². The quantitative estimate of drug-likeness (QED) is 0.215. The van der Waals surface area contributed by atoms with Crippen LogP contribution >= 0.6 is 0 Å². The predicted octanol–water partition coefficient (Wildman–Crippen LogP) is 3.79. The molecule has 0 bridgehead atoms. The number of ether oxygens (including phenoxy) is 2. The number of hydrogen-bond acceptors (Lipinski definition) is 6. The Morgan fingerprint density at radius 1 is 0.895 bits per heavy atom. The number of nitrogens with zero attached hydrogens (tertiary/aromatic N) is 1. The van der Waals surface area contributed by atoms with Gasteiger partial charge in [-0.05, 0) is 74.2 Å². The summed E-state index contributed by atoms with van der Waals surface area (Å²) in [6.07, 6.45) is 1.38. The third-order valence-corrected chi connectivity index (χ3v) is 5.66. The van der Waals surface area contributed by atoms with Gasteiger partial charge in [0.05, 0.1) is 12.8 Å². The molecule has 0 aromatic heterocycles. The predicted molar refractivity (Wildman–Crippen MR) is 146 cm³/mol. The van der Waals surface area contributed by atoms with Gasteiger partial charge in [-0.2, -0.15) is 5.10 Å². The molecule has 0 aliphatic rings. The smallest absolute Gasteiger partial charge is 0.329 e. The SMILES string of the molecule is CCOc1cc(/C=N\NC(=O)C(=O)NCc2ccc(C)cc2)ccc1OCC(=O)Nc1cccc(C)c1C. The number of hydrazone groups is 1. The fourth-order valence-corrected chi connectivity index (χ4v) is 3.39. The summed E-state index contributed by atoms with van der Waals surface area (Å²) in [4.78, 5) is 36.5. The molecule has 0 spiro atoms. The minimum Gasteiger partial charge on any atom is -0.490 e. The highest BCUT2D eigenvalue weighted by atomic mass is 16.5. The Labute approximate surface area is 222 Å². The second-order valence-corrected chi connectivity index (χ2v) is 8.59. The maximum Gasteiger partial charge on any atom is 0.329 e. The van der Waals surface area contributed by atoms with Gasteiger partial charge in [-0.25, -0.2) is 5.43 Å². The molecule has 9 heteroatoms. The largest absolute Gasteiger partial charge is 0.490 e. The molecule has 3 aromatic rings. The van der Waals surface area contributed by atoms with E-state index in [1.165, 1.54) is 6.21 Å². The summed E-state index contributed by atoms with van der Waals surface area (Å²) in [6.45, 7) is 8.13. The number of benzene rings is 3. The summed E-state index contributed by atoms with van der Waals surface area (Å²) in [7, 11) is 0. The average molecular weight is 517 g/mol. The lowest BCUT2D eigenvalue weighted by Crippen LogP contribution is -2.37. The van der Waals surface area contributed by atoms with Gasteiger partial charge in [0, 0.05) is 12.2 Å². The van der Waals surface area contributed by atoms with E-state index in [2.05, 4.69) is 21.2 Å². The van der Waals surface area contributed by atoms with Crippen molar-refractivity contribution in [2.24, 2.45) is 5.10 Å². The van der Waals surface area contributed by atoms with E-state index in [9.17, 15) is 14.4 Å². The van der Waals surface area contributed by atoms with Gasteiger partial charge in [-0.1, -0.05) is 42.0 Å². The van der Waals surface area contributed by atoms with Crippen molar-refractivity contribution >= 4 is 29.6 Å². The summed E-state index contributed by atoms with van der Waals surface area (Å²) >= 11 is 0. The highest BCUT2D eigenvalue weighted by molar-refractivity contribution is 6.35. The number of aryl methyl sites for hydroxylation is 2. The van der Waals surface area contributed by atoms with E-state index in [0.29, 0.717) is 23.7 Å². The molecule has 0 heterocycles. The van der Waals surface area contributed by atoms with Gasteiger partial charge in [0.15, 0.2) is 18.1 Å². The molecule has 0 aliphatic carbocycles. The highest BCUT2D eigenvalue weighted by Crippen LogP contribution is 2.28. The molecule has 3 amide bonds. The average Bonchev–Trinajstić information content (AvgIpc) is 2.90. The Morgan fingerprint density at radius 2 is 1.66 bits per heavy atom. The lowest BCUT2D eigenvalue weighted by atomic mass is 10.1. The summed E-state index contributed by atoms with van der Waals surface area (Å²) in [5.41, 5.74) is 7.61. The fourth-order valence-electron chi connectivity index (χ4n) is 3.39. The van der Waals surface area contributed by atoms with E-state index in [1.807, 2.05) is 70.2 Å². The lowest BCUT2D eigenvalue weighted by molar-refractivity contribution is -0.139. The molecule has 0 saturated carbocycles. The minimum atomic E-state index is -0.881. The third-order valence-electron chi connectivity index (χ3n) is 5.66. The van der Waals surface area contributed by atoms with Gasteiger partial charge in [0.1, 0.15) is 0 Å². The van der Waals surface area contributed by atoms with E-state index >= 15 is 0 Å². The van der Waals surface area contributed by atoms with Crippen LogP contribution in [0.25, 0.3) is 0 Å². The Balaban J connectivity index is 1.53. The first-order valence-electron chi connectivity index (χ1n) is 12.2. The van der Waals surface area contributed by atoms with E-state index < -0.39 is 11.8 Å². The number of carbonyl (C=O) groups is 3. The maximum atomic E-state index is 12.4. The monoisotopic (exact) mass is 516 g/mol. The van der Waals surface area contributed by atoms with Crippen molar-refractivity contribution < 1.29 is 23.9 Å². The molecular formula is C29H32N4O5. The van der Waals surface area contributed by atoms with Gasteiger partial charge in [0.2, 0.25) is 0 Å². The van der Waals surface area contributed by atoms with Crippen LogP contribution in [0.2, 0.25) is 0 Å². The Bertz CT molecular complexity index is 1320. The first kappa shape index (κ1) is 27.9. The van der Waals surface area contributed by atoms with Gasteiger partial charge < -0.3 is 20.1 Å². The van der Waals surface area contributed by atoms with Crippen LogP contribution in [0.3, 0.4) is 0 Å². The number of hydrogen-bond donors (Lipinski definition) is 3. The number of carbonyl (C=O) groups excluding carboxylic acids is 3. The maximum absolute atomic E-state index is 12.4. The number of rotatable bonds is 10. The van der Waals surface area contributed by atoms with Crippen LogP contribution in [0.5, 0.6) is 11.5 Å². The molecule has 0 saturated heterocycles. The van der Waals surface area contributed by atoms with Crippen LogP contribution in [0.1, 0.15) is 34.7 Å². The van der Waals surface area contributed by atoms with Gasteiger partial charge in [-0.3, -0.25) is 14.4 Å². The van der Waals surface area contributed by atoms with Gasteiger partial charge in [-0.15, -0.1) is 0 Å². The highest BCUT2D eigenvalue weighted by Gasteiger charge is 2.13. The van der Waals surface area contributed by atoms with E-state index in [4.69, 9.17) is 9.47 Å². The molecule has 38 heavy (non-hydrogen) atoms. The topological polar surface area (TPSA) is 118 Å². The minimum absolute atomic E-state index is 0.200. The second-order valence-electron chi connectivity index (χ2n) is 8.59. The van der Waals surface area contributed by atoms with E-state index in [0.717, 1.165) is 27.9 Å². The second kappa shape index (κ2) is 13.6. The number of anilines is 1. The summed E-state index contributed by atoms with van der Waals surface area (Å²) in [6, 6.07) is 18.3. The molecule has 0 atom stereocenters. The molecule has 0 fully saturated rings. The Hall–Kier alpha value is -4.66.